The number of pyridine rings is 1. The number of benzene rings is 1. The number of carbonyl (C=O) groups is 1. The summed E-state index contributed by atoms with van der Waals surface area (Å²) in [4.78, 5) is 12.3. The zero-order valence-corrected chi connectivity index (χ0v) is 14.9. The van der Waals surface area contributed by atoms with E-state index in [-0.39, 0.29) is 23.1 Å². The number of carboxylic acid groups (broad SMARTS) is 1. The minimum Gasteiger partial charge on any atom is -1.00 e. The Kier molecular flexibility index (Phi) is 6.61. The van der Waals surface area contributed by atoms with Gasteiger partial charge in [-0.25, -0.2) is 9.36 Å². The number of aromatic nitrogens is 1. The molecule has 0 spiro atoms. The van der Waals surface area contributed by atoms with Crippen LogP contribution in [0.3, 0.4) is 0 Å². The Morgan fingerprint density at radius 3 is 2.33 bits per heavy atom. The molecule has 1 N–H and O–H groups in total. The molecule has 3 rings (SSSR count). The predicted octanol–water partition coefficient (Wildman–Crippen LogP) is -0.452. The van der Waals surface area contributed by atoms with Gasteiger partial charge in [-0.3, -0.25) is 0 Å². The molecule has 1 aliphatic heterocycles. The molecule has 24 heavy (non-hydrogen) atoms. The van der Waals surface area contributed by atoms with Gasteiger partial charge in [0.15, 0.2) is 18.9 Å². The van der Waals surface area contributed by atoms with Crippen LogP contribution in [0.4, 0.5) is 4.79 Å². The molecule has 128 valence electrons. The summed E-state index contributed by atoms with van der Waals surface area (Å²) < 4.78 is 8.06. The first-order valence-electron chi connectivity index (χ1n) is 7.88. The van der Waals surface area contributed by atoms with Crippen molar-refractivity contribution in [1.29, 1.82) is 0 Å². The van der Waals surface area contributed by atoms with Crippen LogP contribution in [0.25, 0.3) is 0 Å². The van der Waals surface area contributed by atoms with Crippen molar-refractivity contribution in [2.45, 2.75) is 25.5 Å². The highest BCUT2D eigenvalue weighted by Crippen LogP contribution is 2.18. The number of hydrogen-bond acceptors (Lipinski definition) is 2. The van der Waals surface area contributed by atoms with Gasteiger partial charge in [0.2, 0.25) is 0 Å². The number of piperidine rings is 1. The van der Waals surface area contributed by atoms with Crippen molar-refractivity contribution >= 4 is 6.09 Å². The minimum atomic E-state index is -0.842. The van der Waals surface area contributed by atoms with Gasteiger partial charge in [0.25, 0.3) is 0 Å². The fraction of sp³-hybridized carbons (Fsp3) is 0.333. The Labute approximate surface area is 152 Å². The van der Waals surface area contributed by atoms with Crippen LogP contribution in [0, 0.1) is 0 Å². The first kappa shape index (κ1) is 18.3. The molecule has 1 amide bonds. The Hall–Kier alpha value is -2.08. The molecule has 2 heterocycles. The molecule has 1 aromatic carbocycles. The highest BCUT2D eigenvalue weighted by Gasteiger charge is 2.23. The number of ether oxygens (including phenoxy) is 1. The lowest BCUT2D eigenvalue weighted by Gasteiger charge is -2.30. The summed E-state index contributed by atoms with van der Waals surface area (Å²) in [6.45, 7) is 1.92. The van der Waals surface area contributed by atoms with E-state index in [1.54, 1.807) is 0 Å². The number of likely N-dealkylation sites (tertiary alicyclic amines) is 1. The number of nitrogens with zero attached hydrogens (tertiary/aromatic N) is 2. The summed E-state index contributed by atoms with van der Waals surface area (Å²) in [6, 6.07) is 14.2. The first-order valence-corrected chi connectivity index (χ1v) is 7.88. The highest BCUT2D eigenvalue weighted by molar-refractivity contribution is 5.65. The molecular weight excluding hydrogens is 372 g/mol. The molecule has 1 fully saturated rings. The molecule has 0 saturated carbocycles. The number of rotatable bonds is 4. The molecule has 1 aromatic heterocycles. The van der Waals surface area contributed by atoms with Crippen LogP contribution in [0.15, 0.2) is 54.9 Å². The van der Waals surface area contributed by atoms with Crippen molar-refractivity contribution in [3.05, 3.63) is 60.4 Å². The molecule has 6 heteroatoms. The molecule has 2 aromatic rings. The molecule has 0 aliphatic carbocycles. The van der Waals surface area contributed by atoms with Crippen LogP contribution < -0.4 is 26.3 Å². The maximum Gasteiger partial charge on any atom is 0.407 e. The molecular formula is C18H21BrN2O3. The lowest BCUT2D eigenvalue weighted by molar-refractivity contribution is -0.688. The summed E-state index contributed by atoms with van der Waals surface area (Å²) in [5.74, 6) is 0.836. The van der Waals surface area contributed by atoms with Crippen LogP contribution >= 0.6 is 0 Å². The lowest BCUT2D eigenvalue weighted by Crippen LogP contribution is -3.00. The van der Waals surface area contributed by atoms with E-state index >= 15 is 0 Å². The smallest absolute Gasteiger partial charge is 0.407 e. The number of halogens is 1. The summed E-state index contributed by atoms with van der Waals surface area (Å²) in [5, 5.41) is 8.95. The van der Waals surface area contributed by atoms with Crippen molar-refractivity contribution in [3.8, 4) is 5.75 Å². The van der Waals surface area contributed by atoms with E-state index < -0.39 is 6.09 Å². The molecule has 5 nitrogen and oxygen atoms in total. The van der Waals surface area contributed by atoms with Crippen molar-refractivity contribution in [2.75, 3.05) is 13.1 Å². The Bertz CT molecular complexity index is 641. The van der Waals surface area contributed by atoms with E-state index in [2.05, 4.69) is 16.7 Å². The van der Waals surface area contributed by atoms with Gasteiger partial charge in [-0.1, -0.05) is 30.3 Å². The summed E-state index contributed by atoms with van der Waals surface area (Å²) >= 11 is 0. The van der Waals surface area contributed by atoms with Gasteiger partial charge in [-0.2, -0.15) is 0 Å². The van der Waals surface area contributed by atoms with E-state index in [4.69, 9.17) is 9.84 Å². The van der Waals surface area contributed by atoms with Crippen LogP contribution in [0.5, 0.6) is 5.75 Å². The molecule has 0 radical (unpaired) electrons. The molecule has 1 saturated heterocycles. The van der Waals surface area contributed by atoms with Crippen LogP contribution in [-0.2, 0) is 6.54 Å². The van der Waals surface area contributed by atoms with Crippen molar-refractivity contribution in [1.82, 2.24) is 4.90 Å². The second kappa shape index (κ2) is 8.68. The fourth-order valence-electron chi connectivity index (χ4n) is 2.78. The van der Waals surface area contributed by atoms with Crippen LogP contribution in [0.1, 0.15) is 18.4 Å². The second-order valence-corrected chi connectivity index (χ2v) is 5.78. The third-order valence-electron chi connectivity index (χ3n) is 4.08. The fourth-order valence-corrected chi connectivity index (χ4v) is 2.78. The largest absolute Gasteiger partial charge is 1.00 e. The predicted molar refractivity (Wildman–Crippen MR) is 85.4 cm³/mol. The Morgan fingerprint density at radius 2 is 1.75 bits per heavy atom. The molecule has 1 aliphatic rings. The quantitative estimate of drug-likeness (QED) is 0.716. The van der Waals surface area contributed by atoms with Gasteiger partial charge in [0.05, 0.1) is 0 Å². The zero-order chi connectivity index (χ0) is 16.1. The molecule has 0 atom stereocenters. The number of amides is 1. The zero-order valence-electron chi connectivity index (χ0n) is 13.3. The molecule has 0 bridgehead atoms. The summed E-state index contributed by atoms with van der Waals surface area (Å²) in [7, 11) is 0. The maximum absolute atomic E-state index is 10.9. The van der Waals surface area contributed by atoms with E-state index in [0.29, 0.717) is 13.1 Å². The van der Waals surface area contributed by atoms with E-state index in [1.165, 1.54) is 10.5 Å². The van der Waals surface area contributed by atoms with Crippen LogP contribution in [-0.4, -0.2) is 35.3 Å². The van der Waals surface area contributed by atoms with Gasteiger partial charge in [0, 0.05) is 43.6 Å². The van der Waals surface area contributed by atoms with Crippen molar-refractivity contribution in [3.63, 3.8) is 0 Å². The van der Waals surface area contributed by atoms with Gasteiger partial charge in [-0.05, 0) is 0 Å². The maximum atomic E-state index is 10.9. The van der Waals surface area contributed by atoms with Gasteiger partial charge in [-0.15, -0.1) is 0 Å². The SMILES string of the molecule is O=C(O)N1CCC(Oc2cc[n+](Cc3ccccc3)cc2)CC1.[Br-]. The average Bonchev–Trinajstić information content (AvgIpc) is 2.58. The van der Waals surface area contributed by atoms with Gasteiger partial charge >= 0.3 is 6.09 Å². The lowest BCUT2D eigenvalue weighted by atomic mass is 10.1. The summed E-state index contributed by atoms with van der Waals surface area (Å²) in [5.41, 5.74) is 1.26. The standard InChI is InChI=1S/C18H20N2O3.BrH/c21-18(22)20-12-8-17(9-13-20)23-16-6-10-19(11-7-16)14-15-4-2-1-3-5-15;/h1-7,10-11,17H,8-9,12-14H2;1H. The van der Waals surface area contributed by atoms with Crippen molar-refractivity contribution in [2.24, 2.45) is 0 Å². The highest BCUT2D eigenvalue weighted by atomic mass is 79.9. The normalized spacial score (nSPS) is 14.8. The van der Waals surface area contributed by atoms with Crippen molar-refractivity contribution < 1.29 is 36.2 Å². The van der Waals surface area contributed by atoms with E-state index in [9.17, 15) is 4.79 Å². The van der Waals surface area contributed by atoms with Gasteiger partial charge in [0.1, 0.15) is 11.9 Å². The number of hydrogen-bond donors (Lipinski definition) is 1. The van der Waals surface area contributed by atoms with Gasteiger partial charge < -0.3 is 31.7 Å². The third-order valence-corrected chi connectivity index (χ3v) is 4.08. The molecule has 0 unspecified atom stereocenters. The Morgan fingerprint density at radius 1 is 1.12 bits per heavy atom. The minimum absolute atomic E-state index is 0. The average molecular weight is 393 g/mol. The van der Waals surface area contributed by atoms with E-state index in [0.717, 1.165) is 25.1 Å². The first-order chi connectivity index (χ1) is 11.2. The van der Waals surface area contributed by atoms with Crippen LogP contribution in [0.2, 0.25) is 0 Å². The van der Waals surface area contributed by atoms with E-state index in [1.807, 2.05) is 42.7 Å². The third kappa shape index (κ3) is 4.96. The summed E-state index contributed by atoms with van der Waals surface area (Å²) in [6.07, 6.45) is 4.75. The topological polar surface area (TPSA) is 53.6 Å². The Balaban J connectivity index is 0.00000208. The second-order valence-electron chi connectivity index (χ2n) is 5.78. The monoisotopic (exact) mass is 392 g/mol.